The lowest BCUT2D eigenvalue weighted by atomic mass is 9.96. The standard InChI is InChI=1S/C13H20N2O2S/c1-15(12-5-3-2-4-6-12)18(16,17)13-9-7-11(14)8-10-13/h7-10,12H,2-6,14H2,1H3. The number of nitrogens with two attached hydrogens (primary N) is 1. The quantitative estimate of drug-likeness (QED) is 0.855. The smallest absolute Gasteiger partial charge is 0.243 e. The van der Waals surface area contributed by atoms with Crippen LogP contribution in [0.4, 0.5) is 5.69 Å². The summed E-state index contributed by atoms with van der Waals surface area (Å²) in [6.07, 6.45) is 5.38. The molecule has 0 aromatic heterocycles. The van der Waals surface area contributed by atoms with E-state index in [1.165, 1.54) is 10.7 Å². The van der Waals surface area contributed by atoms with E-state index in [4.69, 9.17) is 5.73 Å². The molecule has 2 rings (SSSR count). The van der Waals surface area contributed by atoms with Gasteiger partial charge < -0.3 is 5.73 Å². The molecule has 18 heavy (non-hydrogen) atoms. The second-order valence-corrected chi connectivity index (χ2v) is 6.88. The highest BCUT2D eigenvalue weighted by Crippen LogP contribution is 2.26. The van der Waals surface area contributed by atoms with Gasteiger partial charge in [0.25, 0.3) is 0 Å². The number of nitrogen functional groups attached to an aromatic ring is 1. The summed E-state index contributed by atoms with van der Waals surface area (Å²) in [4.78, 5) is 0.324. The summed E-state index contributed by atoms with van der Waals surface area (Å²) in [6.45, 7) is 0. The number of benzene rings is 1. The molecular weight excluding hydrogens is 248 g/mol. The molecule has 1 aromatic carbocycles. The molecule has 4 nitrogen and oxygen atoms in total. The van der Waals surface area contributed by atoms with Gasteiger partial charge >= 0.3 is 0 Å². The van der Waals surface area contributed by atoms with Crippen molar-refractivity contribution in [3.8, 4) is 0 Å². The molecule has 1 aliphatic carbocycles. The van der Waals surface area contributed by atoms with Crippen LogP contribution in [0.25, 0.3) is 0 Å². The Hall–Kier alpha value is -1.07. The van der Waals surface area contributed by atoms with E-state index in [0.29, 0.717) is 10.6 Å². The molecule has 5 heteroatoms. The summed E-state index contributed by atoms with van der Waals surface area (Å²) in [5.74, 6) is 0. The van der Waals surface area contributed by atoms with Crippen molar-refractivity contribution in [2.45, 2.75) is 43.0 Å². The van der Waals surface area contributed by atoms with Crippen molar-refractivity contribution in [1.29, 1.82) is 0 Å². The van der Waals surface area contributed by atoms with Crippen LogP contribution in [0, 0.1) is 0 Å². The van der Waals surface area contributed by atoms with Gasteiger partial charge in [-0.05, 0) is 37.1 Å². The highest BCUT2D eigenvalue weighted by molar-refractivity contribution is 7.89. The molecule has 0 atom stereocenters. The van der Waals surface area contributed by atoms with Gasteiger partial charge in [-0.25, -0.2) is 8.42 Å². The Kier molecular flexibility index (Phi) is 3.92. The second kappa shape index (κ2) is 5.28. The van der Waals surface area contributed by atoms with Gasteiger partial charge in [-0.2, -0.15) is 4.31 Å². The number of sulfonamides is 1. The summed E-state index contributed by atoms with van der Waals surface area (Å²) in [5.41, 5.74) is 6.16. The zero-order chi connectivity index (χ0) is 13.2. The second-order valence-electron chi connectivity index (χ2n) is 4.88. The Labute approximate surface area is 109 Å². The largest absolute Gasteiger partial charge is 0.399 e. The molecule has 0 spiro atoms. The predicted molar refractivity (Wildman–Crippen MR) is 72.7 cm³/mol. The summed E-state index contributed by atoms with van der Waals surface area (Å²) in [6, 6.07) is 6.54. The lowest BCUT2D eigenvalue weighted by Gasteiger charge is -2.30. The highest BCUT2D eigenvalue weighted by atomic mass is 32.2. The Bertz CT molecular complexity index is 490. The average molecular weight is 268 g/mol. The lowest BCUT2D eigenvalue weighted by Crippen LogP contribution is -2.38. The molecule has 0 bridgehead atoms. The van der Waals surface area contributed by atoms with Gasteiger partial charge in [0.1, 0.15) is 0 Å². The first-order valence-electron chi connectivity index (χ1n) is 6.35. The molecule has 0 unspecified atom stereocenters. The number of anilines is 1. The predicted octanol–water partition coefficient (Wildman–Crippen LogP) is 2.22. The van der Waals surface area contributed by atoms with E-state index in [-0.39, 0.29) is 6.04 Å². The SMILES string of the molecule is CN(C1CCCCC1)S(=O)(=O)c1ccc(N)cc1. The average Bonchev–Trinajstić information content (AvgIpc) is 2.39. The third-order valence-electron chi connectivity index (χ3n) is 3.65. The minimum absolute atomic E-state index is 0.140. The first kappa shape index (κ1) is 13.4. The van der Waals surface area contributed by atoms with Crippen LogP contribution >= 0.6 is 0 Å². The Morgan fingerprint density at radius 2 is 1.67 bits per heavy atom. The van der Waals surface area contributed by atoms with E-state index in [0.717, 1.165) is 25.7 Å². The van der Waals surface area contributed by atoms with Crippen LogP contribution in [0.5, 0.6) is 0 Å². The van der Waals surface area contributed by atoms with Crippen molar-refractivity contribution in [1.82, 2.24) is 4.31 Å². The van der Waals surface area contributed by atoms with Crippen LogP contribution in [-0.4, -0.2) is 25.8 Å². The molecule has 1 aliphatic rings. The maximum Gasteiger partial charge on any atom is 0.243 e. The number of hydrogen-bond acceptors (Lipinski definition) is 3. The van der Waals surface area contributed by atoms with E-state index in [1.807, 2.05) is 0 Å². The van der Waals surface area contributed by atoms with Crippen molar-refractivity contribution in [3.63, 3.8) is 0 Å². The van der Waals surface area contributed by atoms with Crippen LogP contribution in [0.2, 0.25) is 0 Å². The van der Waals surface area contributed by atoms with Gasteiger partial charge in [0.05, 0.1) is 4.90 Å². The van der Waals surface area contributed by atoms with Gasteiger partial charge in [-0.15, -0.1) is 0 Å². The first-order valence-corrected chi connectivity index (χ1v) is 7.79. The Morgan fingerprint density at radius 1 is 1.11 bits per heavy atom. The zero-order valence-corrected chi connectivity index (χ0v) is 11.5. The molecule has 100 valence electrons. The molecular formula is C13H20N2O2S. The van der Waals surface area contributed by atoms with E-state index >= 15 is 0 Å². The van der Waals surface area contributed by atoms with E-state index in [9.17, 15) is 8.42 Å². The van der Waals surface area contributed by atoms with Crippen LogP contribution in [-0.2, 0) is 10.0 Å². The highest BCUT2D eigenvalue weighted by Gasteiger charge is 2.28. The summed E-state index contributed by atoms with van der Waals surface area (Å²) in [7, 11) is -1.70. The van der Waals surface area contributed by atoms with Gasteiger partial charge in [-0.3, -0.25) is 0 Å². The maximum atomic E-state index is 12.4. The number of rotatable bonds is 3. The third kappa shape index (κ3) is 2.67. The zero-order valence-electron chi connectivity index (χ0n) is 10.7. The fourth-order valence-electron chi connectivity index (χ4n) is 2.45. The molecule has 0 radical (unpaired) electrons. The van der Waals surface area contributed by atoms with Crippen LogP contribution in [0.1, 0.15) is 32.1 Å². The normalized spacial score (nSPS) is 18.1. The monoisotopic (exact) mass is 268 g/mol. The van der Waals surface area contributed by atoms with Gasteiger partial charge in [-0.1, -0.05) is 19.3 Å². The summed E-state index contributed by atoms with van der Waals surface area (Å²) in [5, 5.41) is 0. The minimum atomic E-state index is -3.38. The third-order valence-corrected chi connectivity index (χ3v) is 5.57. The number of hydrogen-bond donors (Lipinski definition) is 1. The Morgan fingerprint density at radius 3 is 2.22 bits per heavy atom. The molecule has 0 aliphatic heterocycles. The first-order chi connectivity index (χ1) is 8.51. The van der Waals surface area contributed by atoms with E-state index < -0.39 is 10.0 Å². The molecule has 0 saturated heterocycles. The molecule has 0 amide bonds. The van der Waals surface area contributed by atoms with Crippen molar-refractivity contribution in [2.75, 3.05) is 12.8 Å². The number of nitrogens with zero attached hydrogens (tertiary/aromatic N) is 1. The van der Waals surface area contributed by atoms with Crippen molar-refractivity contribution in [2.24, 2.45) is 0 Å². The van der Waals surface area contributed by atoms with E-state index in [1.54, 1.807) is 31.3 Å². The van der Waals surface area contributed by atoms with Crippen LogP contribution < -0.4 is 5.73 Å². The van der Waals surface area contributed by atoms with Crippen molar-refractivity contribution < 1.29 is 8.42 Å². The minimum Gasteiger partial charge on any atom is -0.399 e. The molecule has 1 aromatic rings. The molecule has 0 heterocycles. The van der Waals surface area contributed by atoms with E-state index in [2.05, 4.69) is 0 Å². The Balaban J connectivity index is 2.21. The van der Waals surface area contributed by atoms with Crippen molar-refractivity contribution >= 4 is 15.7 Å². The summed E-state index contributed by atoms with van der Waals surface area (Å²) < 4.78 is 26.4. The van der Waals surface area contributed by atoms with Crippen LogP contribution in [0.3, 0.4) is 0 Å². The van der Waals surface area contributed by atoms with Gasteiger partial charge in [0.15, 0.2) is 0 Å². The van der Waals surface area contributed by atoms with Crippen LogP contribution in [0.15, 0.2) is 29.2 Å². The lowest BCUT2D eigenvalue weighted by molar-refractivity contribution is 0.286. The van der Waals surface area contributed by atoms with Crippen molar-refractivity contribution in [3.05, 3.63) is 24.3 Å². The summed E-state index contributed by atoms with van der Waals surface area (Å²) >= 11 is 0. The fourth-order valence-corrected chi connectivity index (χ4v) is 3.86. The topological polar surface area (TPSA) is 63.4 Å². The van der Waals surface area contributed by atoms with Gasteiger partial charge in [0.2, 0.25) is 10.0 Å². The van der Waals surface area contributed by atoms with Gasteiger partial charge in [0, 0.05) is 18.8 Å². The fraction of sp³-hybridized carbons (Fsp3) is 0.538. The molecule has 2 N–H and O–H groups in total. The molecule has 1 saturated carbocycles. The molecule has 1 fully saturated rings. The maximum absolute atomic E-state index is 12.4.